The molecule has 0 unspecified atom stereocenters. The summed E-state index contributed by atoms with van der Waals surface area (Å²) in [5.41, 5.74) is 5.72. The zero-order chi connectivity index (χ0) is 48.1. The normalized spacial score (nSPS) is 12.1. The molecular formula is C52H49ClN4O8S2. The highest BCUT2D eigenvalue weighted by Gasteiger charge is 2.28. The molecule has 67 heavy (non-hydrogen) atoms. The lowest BCUT2D eigenvalue weighted by atomic mass is 10.00. The Hall–Kier alpha value is -7.13. The summed E-state index contributed by atoms with van der Waals surface area (Å²) in [4.78, 5) is 36.3. The second-order valence-corrected chi connectivity index (χ2v) is 19.9. The first-order chi connectivity index (χ1) is 32.1. The van der Waals surface area contributed by atoms with Gasteiger partial charge in [0.2, 0.25) is 9.05 Å². The van der Waals surface area contributed by atoms with Gasteiger partial charge in [-0.2, -0.15) is 8.42 Å². The van der Waals surface area contributed by atoms with Crippen molar-refractivity contribution in [1.82, 2.24) is 20.6 Å². The molecule has 0 bridgehead atoms. The number of fused-ring (bicyclic) bond motifs is 2. The fraction of sp³-hybridized carbons (Fsp3) is 0.154. The molecule has 3 N–H and O–H groups in total. The lowest BCUT2D eigenvalue weighted by molar-refractivity contribution is 0.0926. The Labute approximate surface area is 395 Å². The highest BCUT2D eigenvalue weighted by molar-refractivity contribution is 8.13. The Morgan fingerprint density at radius 2 is 0.896 bits per heavy atom. The van der Waals surface area contributed by atoms with Crippen LogP contribution in [0, 0.1) is 0 Å². The second-order valence-electron chi connectivity index (χ2n) is 15.3. The molecule has 0 radical (unpaired) electrons. The summed E-state index contributed by atoms with van der Waals surface area (Å²) in [6, 6.07) is 52.1. The van der Waals surface area contributed by atoms with E-state index in [1.54, 1.807) is 30.3 Å². The number of rotatable bonds is 12. The van der Waals surface area contributed by atoms with Gasteiger partial charge in [0.25, 0.3) is 11.8 Å². The smallest absolute Gasteiger partial charge is 0.306 e. The molecular weight excluding hydrogens is 908 g/mol. The van der Waals surface area contributed by atoms with Gasteiger partial charge in [-0.05, 0) is 36.1 Å². The Kier molecular flexibility index (Phi) is 16.5. The minimum Gasteiger partial charge on any atom is -0.505 e. The van der Waals surface area contributed by atoms with Crippen LogP contribution in [0.15, 0.2) is 170 Å². The number of nitrogens with one attached hydrogen (secondary N) is 2. The van der Waals surface area contributed by atoms with Crippen molar-refractivity contribution in [2.45, 2.75) is 38.8 Å². The quantitative estimate of drug-likeness (QED) is 0.0787. The van der Waals surface area contributed by atoms with E-state index in [0.717, 1.165) is 35.6 Å². The first-order valence-corrected chi connectivity index (χ1v) is 25.8. The molecule has 344 valence electrons. The summed E-state index contributed by atoms with van der Waals surface area (Å²) >= 11 is 0. The highest BCUT2D eigenvalue weighted by atomic mass is 35.7. The lowest BCUT2D eigenvalue weighted by Gasteiger charge is -2.21. The maximum atomic E-state index is 13.7. The molecule has 2 atom stereocenters. The van der Waals surface area contributed by atoms with Gasteiger partial charge in [0.05, 0.1) is 46.8 Å². The summed E-state index contributed by atoms with van der Waals surface area (Å²) in [6.07, 6.45) is 3.28. The van der Waals surface area contributed by atoms with Crippen molar-refractivity contribution in [3.63, 3.8) is 0 Å². The standard InChI is InChI=1S/C26H24N2O4S.C25H22N2O2.CH3ClO2S/c1-3-21(18-12-6-4-7-13-18)28-26(29)23-20-16-10-11-17-22(20)27-24(19-14-8-5-9-15-19)25(23)32-33(2,30)31;1-2-20(17-11-5-3-6-12-17)27-25(29)22-19-15-9-10-16-21(19)26-23(24(22)28)18-13-7-4-8-14-18;1-5(2,3)4/h4-17,21H,3H2,1-2H3,(H,28,29);3-16,20,28H,2H2,1H3,(H,27,29);1H3/t21-;20-;/m00./s1. The number of aromatic nitrogens is 2. The van der Waals surface area contributed by atoms with E-state index in [1.165, 1.54) is 0 Å². The Morgan fingerprint density at radius 1 is 0.552 bits per heavy atom. The minimum absolute atomic E-state index is 0.0807. The van der Waals surface area contributed by atoms with Crippen LogP contribution in [0.2, 0.25) is 0 Å². The van der Waals surface area contributed by atoms with Crippen LogP contribution >= 0.6 is 10.7 Å². The van der Waals surface area contributed by atoms with Gasteiger partial charge >= 0.3 is 10.1 Å². The van der Waals surface area contributed by atoms with Crippen LogP contribution in [0.4, 0.5) is 0 Å². The highest BCUT2D eigenvalue weighted by Crippen LogP contribution is 2.38. The predicted octanol–water partition coefficient (Wildman–Crippen LogP) is 10.8. The van der Waals surface area contributed by atoms with E-state index in [4.69, 9.17) is 4.18 Å². The number of carbonyl (C=O) groups excluding carboxylic acids is 2. The van der Waals surface area contributed by atoms with E-state index < -0.39 is 25.1 Å². The number of benzene rings is 6. The van der Waals surface area contributed by atoms with E-state index in [0.29, 0.717) is 39.5 Å². The predicted molar refractivity (Wildman–Crippen MR) is 266 cm³/mol. The number of hydrogen-bond acceptors (Lipinski definition) is 10. The lowest BCUT2D eigenvalue weighted by Crippen LogP contribution is -2.29. The molecule has 2 aromatic heterocycles. The number of pyridine rings is 2. The number of aromatic hydroxyl groups is 1. The van der Waals surface area contributed by atoms with Crippen molar-refractivity contribution < 1.29 is 35.7 Å². The first kappa shape index (κ1) is 49.3. The van der Waals surface area contributed by atoms with Crippen molar-refractivity contribution in [3.05, 3.63) is 192 Å². The molecule has 8 rings (SSSR count). The molecule has 6 aromatic carbocycles. The molecule has 0 saturated heterocycles. The number of hydrogen-bond donors (Lipinski definition) is 3. The van der Waals surface area contributed by atoms with Gasteiger partial charge in [0.15, 0.2) is 11.5 Å². The van der Waals surface area contributed by atoms with Gasteiger partial charge < -0.3 is 19.9 Å². The molecule has 8 aromatic rings. The van der Waals surface area contributed by atoms with Crippen molar-refractivity contribution in [1.29, 1.82) is 0 Å². The van der Waals surface area contributed by atoms with Crippen molar-refractivity contribution in [3.8, 4) is 34.0 Å². The molecule has 2 amide bonds. The van der Waals surface area contributed by atoms with E-state index >= 15 is 0 Å². The van der Waals surface area contributed by atoms with Crippen LogP contribution in [-0.4, -0.2) is 56.2 Å². The number of halogens is 1. The third-order valence-corrected chi connectivity index (χ3v) is 10.8. The van der Waals surface area contributed by atoms with Crippen molar-refractivity contribution >= 4 is 63.5 Å². The molecule has 0 aliphatic rings. The zero-order valence-corrected chi connectivity index (χ0v) is 39.5. The molecule has 0 spiro atoms. The number of carbonyl (C=O) groups is 2. The summed E-state index contributed by atoms with van der Waals surface area (Å²) in [6.45, 7) is 4.00. The Balaban J connectivity index is 0.000000202. The zero-order valence-electron chi connectivity index (χ0n) is 37.1. The Bertz CT molecular complexity index is 3190. The molecule has 0 fully saturated rings. The number of para-hydroxylation sites is 2. The van der Waals surface area contributed by atoms with E-state index in [9.17, 15) is 31.5 Å². The summed E-state index contributed by atoms with van der Waals surface area (Å²) in [7, 11) is -2.63. The fourth-order valence-corrected chi connectivity index (χ4v) is 7.81. The average Bonchev–Trinajstić information content (AvgIpc) is 3.32. The molecule has 0 aliphatic heterocycles. The molecule has 2 heterocycles. The van der Waals surface area contributed by atoms with Gasteiger partial charge in [-0.1, -0.05) is 172 Å². The number of nitrogens with zero attached hydrogens (tertiary/aromatic N) is 2. The molecule has 15 heteroatoms. The van der Waals surface area contributed by atoms with Crippen molar-refractivity contribution in [2.75, 3.05) is 12.5 Å². The van der Waals surface area contributed by atoms with Gasteiger partial charge in [-0.25, -0.2) is 18.4 Å². The Morgan fingerprint density at radius 3 is 1.31 bits per heavy atom. The minimum atomic E-state index is -3.94. The second kappa shape index (κ2) is 22.4. The van der Waals surface area contributed by atoms with Crippen LogP contribution in [-0.2, 0) is 19.2 Å². The van der Waals surface area contributed by atoms with E-state index in [2.05, 4.69) is 31.3 Å². The largest absolute Gasteiger partial charge is 0.505 e. The molecule has 0 aliphatic carbocycles. The van der Waals surface area contributed by atoms with Gasteiger partial charge in [-0.3, -0.25) is 9.59 Å². The third kappa shape index (κ3) is 13.3. The first-order valence-electron chi connectivity index (χ1n) is 21.2. The van der Waals surface area contributed by atoms with Gasteiger partial charge in [0.1, 0.15) is 11.4 Å². The number of amides is 2. The maximum Gasteiger partial charge on any atom is 0.306 e. The van der Waals surface area contributed by atoms with E-state index in [1.807, 2.05) is 153 Å². The van der Waals surface area contributed by atoms with E-state index in [-0.39, 0.29) is 46.3 Å². The average molecular weight is 958 g/mol. The third-order valence-electron chi connectivity index (χ3n) is 10.3. The van der Waals surface area contributed by atoms with Crippen LogP contribution < -0.4 is 14.8 Å². The molecule has 12 nitrogen and oxygen atoms in total. The molecule has 0 saturated carbocycles. The van der Waals surface area contributed by atoms with Crippen LogP contribution in [0.3, 0.4) is 0 Å². The van der Waals surface area contributed by atoms with Crippen LogP contribution in [0.5, 0.6) is 11.5 Å². The fourth-order valence-electron chi connectivity index (χ4n) is 7.35. The maximum absolute atomic E-state index is 13.7. The van der Waals surface area contributed by atoms with Crippen LogP contribution in [0.1, 0.15) is 70.6 Å². The monoisotopic (exact) mass is 956 g/mol. The SMILES string of the molecule is CC[C@H](NC(=O)c1c(O)c(-c2ccccc2)nc2ccccc12)c1ccccc1.CC[C@H](NC(=O)c1c(OS(C)(=O)=O)c(-c2ccccc2)nc2ccccc12)c1ccccc1.CS(=O)(=O)Cl. The topological polar surface area (TPSA) is 182 Å². The van der Waals surface area contributed by atoms with Crippen molar-refractivity contribution in [2.24, 2.45) is 0 Å². The van der Waals surface area contributed by atoms with Gasteiger partial charge in [-0.15, -0.1) is 0 Å². The van der Waals surface area contributed by atoms with Crippen LogP contribution in [0.25, 0.3) is 44.3 Å². The van der Waals surface area contributed by atoms with Gasteiger partial charge in [0, 0.05) is 32.6 Å². The summed E-state index contributed by atoms with van der Waals surface area (Å²) in [5, 5.41) is 18.3. The summed E-state index contributed by atoms with van der Waals surface area (Å²) in [5.74, 6) is -0.924. The summed E-state index contributed by atoms with van der Waals surface area (Å²) < 4.78 is 48.6.